The molecule has 0 saturated heterocycles. The number of methoxy groups -OCH3 is 2. The van der Waals surface area contributed by atoms with Crippen molar-refractivity contribution < 1.29 is 18.7 Å². The van der Waals surface area contributed by atoms with Gasteiger partial charge in [-0.15, -0.1) is 0 Å². The van der Waals surface area contributed by atoms with Crippen molar-refractivity contribution in [3.05, 3.63) is 81.2 Å². The normalized spacial score (nSPS) is 15.8. The van der Waals surface area contributed by atoms with Crippen LogP contribution in [-0.4, -0.2) is 30.8 Å². The largest absolute Gasteiger partial charge is 0.493 e. The molecule has 0 bridgehead atoms. The molecular formula is C22H18BrClN2O4. The number of halogens is 2. The number of amides is 1. The molecule has 6 nitrogen and oxygen atoms in total. The van der Waals surface area contributed by atoms with Gasteiger partial charge >= 0.3 is 5.91 Å². The lowest BCUT2D eigenvalue weighted by Crippen LogP contribution is -2.26. The van der Waals surface area contributed by atoms with Gasteiger partial charge < -0.3 is 13.9 Å². The molecule has 0 aliphatic carbocycles. The number of furan rings is 1. The summed E-state index contributed by atoms with van der Waals surface area (Å²) in [7, 11) is 3.17. The average molecular weight is 490 g/mol. The quantitative estimate of drug-likeness (QED) is 0.461. The number of carbonyl (C=O) groups is 1. The lowest BCUT2D eigenvalue weighted by atomic mass is 9.98. The lowest BCUT2D eigenvalue weighted by molar-refractivity contribution is 0.0677. The molecule has 154 valence electrons. The highest BCUT2D eigenvalue weighted by atomic mass is 79.9. The van der Waals surface area contributed by atoms with Gasteiger partial charge in [0.2, 0.25) is 0 Å². The Morgan fingerprint density at radius 2 is 1.93 bits per heavy atom. The Balaban J connectivity index is 1.74. The van der Waals surface area contributed by atoms with E-state index in [1.807, 2.05) is 36.4 Å². The van der Waals surface area contributed by atoms with Gasteiger partial charge in [-0.2, -0.15) is 5.10 Å². The average Bonchev–Trinajstić information content (AvgIpc) is 3.39. The third-order valence-corrected chi connectivity index (χ3v) is 5.51. The molecule has 1 unspecified atom stereocenters. The van der Waals surface area contributed by atoms with Crippen LogP contribution in [0.3, 0.4) is 0 Å². The highest BCUT2D eigenvalue weighted by molar-refractivity contribution is 9.10. The summed E-state index contributed by atoms with van der Waals surface area (Å²) >= 11 is 9.44. The molecule has 0 radical (unpaired) electrons. The predicted molar refractivity (Wildman–Crippen MR) is 117 cm³/mol. The minimum atomic E-state index is -0.332. The minimum absolute atomic E-state index is 0.200. The molecule has 0 spiro atoms. The number of benzene rings is 2. The van der Waals surface area contributed by atoms with Crippen LogP contribution < -0.4 is 9.47 Å². The summed E-state index contributed by atoms with van der Waals surface area (Å²) < 4.78 is 16.7. The summed E-state index contributed by atoms with van der Waals surface area (Å²) in [6, 6.07) is 16.0. The van der Waals surface area contributed by atoms with Gasteiger partial charge in [-0.25, -0.2) is 5.01 Å². The van der Waals surface area contributed by atoms with Crippen LogP contribution in [0.4, 0.5) is 0 Å². The molecule has 2 heterocycles. The highest BCUT2D eigenvalue weighted by Gasteiger charge is 2.35. The Morgan fingerprint density at radius 1 is 1.13 bits per heavy atom. The van der Waals surface area contributed by atoms with Gasteiger partial charge in [0.1, 0.15) is 0 Å². The van der Waals surface area contributed by atoms with Crippen molar-refractivity contribution in [2.24, 2.45) is 5.10 Å². The van der Waals surface area contributed by atoms with E-state index in [0.29, 0.717) is 27.6 Å². The van der Waals surface area contributed by atoms with Crippen LogP contribution in [0.5, 0.6) is 11.5 Å². The molecule has 30 heavy (non-hydrogen) atoms. The number of hydrogen-bond donors (Lipinski definition) is 0. The molecule has 0 N–H and O–H groups in total. The van der Waals surface area contributed by atoms with Crippen LogP contribution in [0.1, 0.15) is 34.1 Å². The minimum Gasteiger partial charge on any atom is -0.493 e. The summed E-state index contributed by atoms with van der Waals surface area (Å²) in [4.78, 5) is 13.2. The van der Waals surface area contributed by atoms with Crippen LogP contribution in [-0.2, 0) is 0 Å². The second-order valence-corrected chi connectivity index (χ2v) is 7.86. The number of hydrazone groups is 1. The van der Waals surface area contributed by atoms with Crippen molar-refractivity contribution >= 4 is 39.1 Å². The van der Waals surface area contributed by atoms with Gasteiger partial charge in [-0.05, 0) is 64.0 Å². The summed E-state index contributed by atoms with van der Waals surface area (Å²) in [6.45, 7) is 0. The molecule has 1 aliphatic rings. The second-order valence-electron chi connectivity index (χ2n) is 6.64. The lowest BCUT2D eigenvalue weighted by Gasteiger charge is -2.21. The molecule has 1 aliphatic heterocycles. The zero-order valence-electron chi connectivity index (χ0n) is 16.3. The van der Waals surface area contributed by atoms with Crippen molar-refractivity contribution in [3.8, 4) is 11.5 Å². The zero-order chi connectivity index (χ0) is 21.3. The smallest absolute Gasteiger partial charge is 0.310 e. The molecule has 1 amide bonds. The van der Waals surface area contributed by atoms with Crippen molar-refractivity contribution in [1.82, 2.24) is 5.01 Å². The molecule has 2 aromatic carbocycles. The SMILES string of the molecule is COc1ccc(C2=NN(C(=O)c3ccc(Br)o3)C(c3cccc(Cl)c3)C2)cc1OC. The maximum Gasteiger partial charge on any atom is 0.310 e. The Labute approximate surface area is 187 Å². The van der Waals surface area contributed by atoms with E-state index in [9.17, 15) is 4.79 Å². The van der Waals surface area contributed by atoms with Crippen LogP contribution in [0, 0.1) is 0 Å². The molecule has 0 fully saturated rings. The molecule has 1 aromatic heterocycles. The third-order valence-electron chi connectivity index (χ3n) is 4.85. The molecule has 4 rings (SSSR count). The van der Waals surface area contributed by atoms with Crippen LogP contribution in [0.25, 0.3) is 0 Å². The molecule has 3 aromatic rings. The number of nitrogens with zero attached hydrogens (tertiary/aromatic N) is 2. The summed E-state index contributed by atoms with van der Waals surface area (Å²) in [5.74, 6) is 1.09. The van der Waals surface area contributed by atoms with Crippen LogP contribution in [0.15, 0.2) is 68.8 Å². The van der Waals surface area contributed by atoms with Gasteiger partial charge in [0, 0.05) is 17.0 Å². The van der Waals surface area contributed by atoms with E-state index in [1.165, 1.54) is 5.01 Å². The van der Waals surface area contributed by atoms with Crippen molar-refractivity contribution in [2.75, 3.05) is 14.2 Å². The first-order valence-electron chi connectivity index (χ1n) is 9.14. The van der Waals surface area contributed by atoms with Gasteiger partial charge in [-0.1, -0.05) is 23.7 Å². The topological polar surface area (TPSA) is 64.3 Å². The Hall–Kier alpha value is -2.77. The molecule has 0 saturated carbocycles. The van der Waals surface area contributed by atoms with E-state index in [0.717, 1.165) is 16.8 Å². The van der Waals surface area contributed by atoms with Crippen LogP contribution in [0.2, 0.25) is 5.02 Å². The fourth-order valence-corrected chi connectivity index (χ4v) is 3.91. The fourth-order valence-electron chi connectivity index (χ4n) is 3.40. The molecule has 8 heteroatoms. The van der Waals surface area contributed by atoms with Crippen LogP contribution >= 0.6 is 27.5 Å². The highest BCUT2D eigenvalue weighted by Crippen LogP contribution is 2.37. The van der Waals surface area contributed by atoms with Gasteiger partial charge in [0.25, 0.3) is 0 Å². The first kappa shape index (κ1) is 20.5. The Morgan fingerprint density at radius 3 is 2.60 bits per heavy atom. The van der Waals surface area contributed by atoms with E-state index in [-0.39, 0.29) is 17.7 Å². The predicted octanol–water partition coefficient (Wildman–Crippen LogP) is 5.70. The zero-order valence-corrected chi connectivity index (χ0v) is 18.6. The van der Waals surface area contributed by atoms with Crippen molar-refractivity contribution in [2.45, 2.75) is 12.5 Å². The first-order valence-corrected chi connectivity index (χ1v) is 10.3. The maximum atomic E-state index is 13.2. The fraction of sp³-hybridized carbons (Fsp3) is 0.182. The molecule has 1 atom stereocenters. The van der Waals surface area contributed by atoms with Crippen molar-refractivity contribution in [1.29, 1.82) is 0 Å². The van der Waals surface area contributed by atoms with E-state index < -0.39 is 0 Å². The summed E-state index contributed by atoms with van der Waals surface area (Å²) in [5, 5.41) is 6.69. The van der Waals surface area contributed by atoms with E-state index in [4.69, 9.17) is 25.5 Å². The Kier molecular flexibility index (Phi) is 5.83. The number of rotatable bonds is 5. The monoisotopic (exact) mass is 488 g/mol. The van der Waals surface area contributed by atoms with Gasteiger partial charge in [0.05, 0.1) is 26.0 Å². The van der Waals surface area contributed by atoms with Gasteiger partial charge in [-0.3, -0.25) is 4.79 Å². The van der Waals surface area contributed by atoms with E-state index >= 15 is 0 Å². The molecular weight excluding hydrogens is 472 g/mol. The second kappa shape index (κ2) is 8.53. The maximum absolute atomic E-state index is 13.2. The Bertz CT molecular complexity index is 1130. The van der Waals surface area contributed by atoms with E-state index in [1.54, 1.807) is 32.4 Å². The van der Waals surface area contributed by atoms with Crippen molar-refractivity contribution in [3.63, 3.8) is 0 Å². The summed E-state index contributed by atoms with van der Waals surface area (Å²) in [6.07, 6.45) is 0.517. The standard InChI is InChI=1S/C22H18BrClN2O4/c1-28-18-7-6-13(11-20(18)29-2)16-12-17(14-4-3-5-15(24)10-14)26(25-16)22(27)19-8-9-21(23)30-19/h3-11,17H,12H2,1-2H3. The third kappa shape index (κ3) is 3.95. The number of carbonyl (C=O) groups excluding carboxylic acids is 1. The first-order chi connectivity index (χ1) is 14.5. The number of ether oxygens (including phenoxy) is 2. The van der Waals surface area contributed by atoms with E-state index in [2.05, 4.69) is 21.0 Å². The number of hydrogen-bond acceptors (Lipinski definition) is 5. The summed E-state index contributed by atoms with van der Waals surface area (Å²) in [5.41, 5.74) is 2.48. The van der Waals surface area contributed by atoms with Gasteiger partial charge in [0.15, 0.2) is 21.9 Å².